The highest BCUT2D eigenvalue weighted by atomic mass is 16.5. The third-order valence-corrected chi connectivity index (χ3v) is 3.64. The number of ether oxygens (including phenoxy) is 1. The molecule has 0 spiro atoms. The Kier molecular flexibility index (Phi) is 4.02. The molecule has 0 aliphatic heterocycles. The predicted octanol–water partition coefficient (Wildman–Crippen LogP) is 2.71. The van der Waals surface area contributed by atoms with Crippen LogP contribution in [0, 0.1) is 5.92 Å². The number of amides is 1. The van der Waals surface area contributed by atoms with Crippen LogP contribution in [0.25, 0.3) is 10.9 Å². The highest BCUT2D eigenvalue weighted by Crippen LogP contribution is 2.28. The summed E-state index contributed by atoms with van der Waals surface area (Å²) in [5, 5.41) is 3.92. The van der Waals surface area contributed by atoms with Gasteiger partial charge in [0.15, 0.2) is 0 Å². The number of hydrogen-bond acceptors (Lipinski definition) is 2. The van der Waals surface area contributed by atoms with Gasteiger partial charge in [-0.15, -0.1) is 0 Å². The van der Waals surface area contributed by atoms with Gasteiger partial charge in [0.1, 0.15) is 0 Å². The van der Waals surface area contributed by atoms with Gasteiger partial charge in [-0.2, -0.15) is 0 Å². The molecule has 4 heteroatoms. The maximum atomic E-state index is 12.1. The first-order valence-corrected chi connectivity index (χ1v) is 7.26. The molecule has 0 saturated heterocycles. The van der Waals surface area contributed by atoms with Gasteiger partial charge in [-0.1, -0.05) is 6.07 Å². The predicted molar refractivity (Wildman–Crippen MR) is 78.8 cm³/mol. The minimum absolute atomic E-state index is 0.0163. The Hall–Kier alpha value is -1.81. The van der Waals surface area contributed by atoms with Crippen molar-refractivity contribution in [2.75, 3.05) is 19.8 Å². The van der Waals surface area contributed by atoms with Crippen molar-refractivity contribution in [2.24, 2.45) is 5.92 Å². The lowest BCUT2D eigenvalue weighted by Gasteiger charge is -2.07. The summed E-state index contributed by atoms with van der Waals surface area (Å²) in [6.07, 6.45) is 5.35. The number of rotatable bonds is 7. The Morgan fingerprint density at radius 3 is 3.10 bits per heavy atom. The van der Waals surface area contributed by atoms with Gasteiger partial charge in [0, 0.05) is 42.4 Å². The third kappa shape index (κ3) is 3.20. The Balaban J connectivity index is 1.45. The third-order valence-electron chi connectivity index (χ3n) is 3.64. The average Bonchev–Trinajstić information content (AvgIpc) is 3.16. The molecule has 1 fully saturated rings. The number of carbonyl (C=O) groups excluding carboxylic acids is 1. The van der Waals surface area contributed by atoms with E-state index in [1.807, 2.05) is 30.5 Å². The minimum atomic E-state index is -0.0163. The van der Waals surface area contributed by atoms with E-state index < -0.39 is 0 Å². The summed E-state index contributed by atoms with van der Waals surface area (Å²) in [5.41, 5.74) is 1.72. The molecule has 1 heterocycles. The quantitative estimate of drug-likeness (QED) is 0.761. The van der Waals surface area contributed by atoms with Crippen LogP contribution in [-0.4, -0.2) is 30.6 Å². The number of H-pyrrole nitrogens is 1. The Morgan fingerprint density at radius 1 is 1.35 bits per heavy atom. The molecule has 2 aromatic rings. The summed E-state index contributed by atoms with van der Waals surface area (Å²) in [6, 6.07) is 7.66. The van der Waals surface area contributed by atoms with Crippen LogP contribution in [0.4, 0.5) is 0 Å². The Morgan fingerprint density at radius 2 is 2.25 bits per heavy atom. The molecular weight excluding hydrogens is 252 g/mol. The SMILES string of the molecule is O=C(NCCCOCC1CC1)c1cccc2[nH]ccc12. The van der Waals surface area contributed by atoms with Gasteiger partial charge in [-0.3, -0.25) is 4.79 Å². The van der Waals surface area contributed by atoms with Crippen LogP contribution in [0.5, 0.6) is 0 Å². The van der Waals surface area contributed by atoms with Crippen LogP contribution in [0.15, 0.2) is 30.5 Å². The molecule has 1 aromatic heterocycles. The van der Waals surface area contributed by atoms with Crippen molar-refractivity contribution in [2.45, 2.75) is 19.3 Å². The number of hydrogen-bond donors (Lipinski definition) is 2. The standard InChI is InChI=1S/C16H20N2O2/c19-16(18-8-2-10-20-11-12-5-6-12)14-3-1-4-15-13(14)7-9-17-15/h1,3-4,7,9,12,17H,2,5-6,8,10-11H2,(H,18,19). The molecule has 20 heavy (non-hydrogen) atoms. The largest absolute Gasteiger partial charge is 0.381 e. The summed E-state index contributed by atoms with van der Waals surface area (Å²) in [5.74, 6) is 0.785. The first kappa shape index (κ1) is 13.2. The number of fused-ring (bicyclic) bond motifs is 1. The Labute approximate surface area is 118 Å². The number of carbonyl (C=O) groups is 1. The molecule has 1 amide bonds. The van der Waals surface area contributed by atoms with Gasteiger partial charge < -0.3 is 15.0 Å². The zero-order chi connectivity index (χ0) is 13.8. The van der Waals surface area contributed by atoms with Gasteiger partial charge in [0.25, 0.3) is 5.91 Å². The summed E-state index contributed by atoms with van der Waals surface area (Å²) < 4.78 is 5.55. The van der Waals surface area contributed by atoms with Gasteiger partial charge in [0.2, 0.25) is 0 Å². The maximum absolute atomic E-state index is 12.1. The summed E-state index contributed by atoms with van der Waals surface area (Å²) >= 11 is 0. The molecule has 1 saturated carbocycles. The van der Waals surface area contributed by atoms with E-state index in [9.17, 15) is 4.79 Å². The first-order valence-electron chi connectivity index (χ1n) is 7.26. The van der Waals surface area contributed by atoms with Crippen molar-refractivity contribution in [1.82, 2.24) is 10.3 Å². The van der Waals surface area contributed by atoms with Crippen LogP contribution in [0.1, 0.15) is 29.6 Å². The lowest BCUT2D eigenvalue weighted by Crippen LogP contribution is -2.25. The van der Waals surface area contributed by atoms with E-state index >= 15 is 0 Å². The van der Waals surface area contributed by atoms with Crippen molar-refractivity contribution in [3.05, 3.63) is 36.0 Å². The topological polar surface area (TPSA) is 54.1 Å². The molecule has 0 bridgehead atoms. The highest BCUT2D eigenvalue weighted by molar-refractivity contribution is 6.06. The molecule has 3 rings (SSSR count). The van der Waals surface area contributed by atoms with Crippen LogP contribution in [-0.2, 0) is 4.74 Å². The lowest BCUT2D eigenvalue weighted by molar-refractivity contribution is 0.0939. The van der Waals surface area contributed by atoms with E-state index in [-0.39, 0.29) is 5.91 Å². The van der Waals surface area contributed by atoms with Crippen LogP contribution < -0.4 is 5.32 Å². The van der Waals surface area contributed by atoms with Gasteiger partial charge in [-0.05, 0) is 43.4 Å². The van der Waals surface area contributed by atoms with Crippen LogP contribution >= 0.6 is 0 Å². The number of aromatic nitrogens is 1. The van der Waals surface area contributed by atoms with Crippen molar-refractivity contribution < 1.29 is 9.53 Å². The zero-order valence-corrected chi connectivity index (χ0v) is 11.5. The van der Waals surface area contributed by atoms with Gasteiger partial charge in [-0.25, -0.2) is 0 Å². The van der Waals surface area contributed by atoms with Crippen molar-refractivity contribution in [3.63, 3.8) is 0 Å². The Bertz CT molecular complexity index is 587. The van der Waals surface area contributed by atoms with Gasteiger partial charge >= 0.3 is 0 Å². The van der Waals surface area contributed by atoms with E-state index in [2.05, 4.69) is 10.3 Å². The fraction of sp³-hybridized carbons (Fsp3) is 0.438. The fourth-order valence-electron chi connectivity index (χ4n) is 2.29. The van der Waals surface area contributed by atoms with Crippen LogP contribution in [0.2, 0.25) is 0 Å². The van der Waals surface area contributed by atoms with Crippen molar-refractivity contribution >= 4 is 16.8 Å². The second-order valence-corrected chi connectivity index (χ2v) is 5.37. The number of benzene rings is 1. The fourth-order valence-corrected chi connectivity index (χ4v) is 2.29. The molecule has 1 aromatic carbocycles. The van der Waals surface area contributed by atoms with Crippen molar-refractivity contribution in [1.29, 1.82) is 0 Å². The second-order valence-electron chi connectivity index (χ2n) is 5.37. The van der Waals surface area contributed by atoms with E-state index in [1.54, 1.807) is 0 Å². The highest BCUT2D eigenvalue weighted by Gasteiger charge is 2.20. The number of nitrogens with one attached hydrogen (secondary N) is 2. The normalized spacial score (nSPS) is 14.6. The monoisotopic (exact) mass is 272 g/mol. The molecule has 4 nitrogen and oxygen atoms in total. The molecule has 106 valence electrons. The minimum Gasteiger partial charge on any atom is -0.381 e. The summed E-state index contributed by atoms with van der Waals surface area (Å²) in [6.45, 7) is 2.27. The maximum Gasteiger partial charge on any atom is 0.251 e. The molecule has 0 atom stereocenters. The number of aromatic amines is 1. The molecule has 0 radical (unpaired) electrons. The molecular formula is C16H20N2O2. The van der Waals surface area contributed by atoms with E-state index in [1.165, 1.54) is 12.8 Å². The van der Waals surface area contributed by atoms with E-state index in [0.29, 0.717) is 6.54 Å². The first-order chi connectivity index (χ1) is 9.84. The van der Waals surface area contributed by atoms with E-state index in [0.717, 1.165) is 42.0 Å². The molecule has 1 aliphatic carbocycles. The zero-order valence-electron chi connectivity index (χ0n) is 11.5. The van der Waals surface area contributed by atoms with Crippen molar-refractivity contribution in [3.8, 4) is 0 Å². The van der Waals surface area contributed by atoms with Gasteiger partial charge in [0.05, 0.1) is 0 Å². The lowest BCUT2D eigenvalue weighted by atomic mass is 10.1. The molecule has 1 aliphatic rings. The summed E-state index contributed by atoms with van der Waals surface area (Å²) in [7, 11) is 0. The smallest absolute Gasteiger partial charge is 0.251 e. The second kappa shape index (κ2) is 6.09. The average molecular weight is 272 g/mol. The molecule has 0 unspecified atom stereocenters. The van der Waals surface area contributed by atoms with E-state index in [4.69, 9.17) is 4.74 Å². The van der Waals surface area contributed by atoms with Crippen LogP contribution in [0.3, 0.4) is 0 Å². The molecule has 2 N–H and O–H groups in total. The summed E-state index contributed by atoms with van der Waals surface area (Å²) in [4.78, 5) is 15.3.